The maximum absolute atomic E-state index is 12.4. The van der Waals surface area contributed by atoms with Crippen LogP contribution in [-0.4, -0.2) is 26.2 Å². The molecule has 9 heteroatoms. The summed E-state index contributed by atoms with van der Waals surface area (Å²) in [5, 5.41) is 2.79. The van der Waals surface area contributed by atoms with E-state index in [1.807, 2.05) is 0 Å². The fourth-order valence-electron chi connectivity index (χ4n) is 1.93. The number of amides is 1. The van der Waals surface area contributed by atoms with E-state index in [0.717, 1.165) is 13.8 Å². The Kier molecular flexibility index (Phi) is 7.00. The van der Waals surface area contributed by atoms with Crippen LogP contribution in [0, 0.1) is 0 Å². The van der Waals surface area contributed by atoms with Crippen molar-refractivity contribution in [2.75, 3.05) is 13.7 Å². The number of nitrogens with one attached hydrogen (secondary N) is 1. The number of thiophene rings is 1. The molecule has 4 nitrogen and oxygen atoms in total. The highest BCUT2D eigenvalue weighted by molar-refractivity contribution is 9.13. The Morgan fingerprint density at radius 1 is 1.29 bits per heavy atom. The van der Waals surface area contributed by atoms with Gasteiger partial charge in [-0.2, -0.15) is 8.78 Å². The number of rotatable bonds is 7. The minimum absolute atomic E-state index is 0.0255. The lowest BCUT2D eigenvalue weighted by Crippen LogP contribution is -2.24. The molecule has 1 aromatic heterocycles. The van der Waals surface area contributed by atoms with E-state index < -0.39 is 6.61 Å². The van der Waals surface area contributed by atoms with Crippen molar-refractivity contribution in [1.29, 1.82) is 0 Å². The number of halogens is 4. The smallest absolute Gasteiger partial charge is 0.387 e. The zero-order valence-corrected chi connectivity index (χ0v) is 16.4. The molecule has 0 aliphatic heterocycles. The SMILES string of the molecule is COc1ccc(CCNC(=O)c2cc(Br)c(Br)s2)cc1OC(F)F. The first-order chi connectivity index (χ1) is 11.4. The number of alkyl halides is 2. The molecular weight excluding hydrogens is 472 g/mol. The van der Waals surface area contributed by atoms with Crippen LogP contribution < -0.4 is 14.8 Å². The second-order valence-corrected chi connectivity index (χ2v) is 7.83. The molecule has 24 heavy (non-hydrogen) atoms. The average Bonchev–Trinajstić information content (AvgIpc) is 2.86. The van der Waals surface area contributed by atoms with Crippen molar-refractivity contribution >= 4 is 49.1 Å². The van der Waals surface area contributed by atoms with Gasteiger partial charge in [0.25, 0.3) is 5.91 Å². The average molecular weight is 485 g/mol. The number of hydrogen-bond donors (Lipinski definition) is 1. The topological polar surface area (TPSA) is 47.6 Å². The van der Waals surface area contributed by atoms with Crippen LogP contribution in [0.5, 0.6) is 11.5 Å². The van der Waals surface area contributed by atoms with E-state index in [1.54, 1.807) is 18.2 Å². The molecule has 0 atom stereocenters. The predicted molar refractivity (Wildman–Crippen MR) is 95.4 cm³/mol. The molecule has 0 saturated heterocycles. The monoisotopic (exact) mass is 483 g/mol. The molecule has 0 spiro atoms. The summed E-state index contributed by atoms with van der Waals surface area (Å²) < 4.78 is 35.9. The Morgan fingerprint density at radius 3 is 2.62 bits per heavy atom. The Bertz CT molecular complexity index is 705. The Balaban J connectivity index is 1.95. The van der Waals surface area contributed by atoms with E-state index in [4.69, 9.17) is 4.74 Å². The van der Waals surface area contributed by atoms with Crippen molar-refractivity contribution in [3.05, 3.63) is 43.0 Å². The first-order valence-electron chi connectivity index (χ1n) is 6.75. The van der Waals surface area contributed by atoms with E-state index in [2.05, 4.69) is 41.9 Å². The lowest BCUT2D eigenvalue weighted by Gasteiger charge is -2.11. The summed E-state index contributed by atoms with van der Waals surface area (Å²) in [6, 6.07) is 6.51. The van der Waals surface area contributed by atoms with Crippen LogP contribution in [0.3, 0.4) is 0 Å². The van der Waals surface area contributed by atoms with Crippen LogP contribution in [0.4, 0.5) is 8.78 Å². The third kappa shape index (κ3) is 5.15. The molecular formula is C15H13Br2F2NO3S. The van der Waals surface area contributed by atoms with Gasteiger partial charge in [0, 0.05) is 11.0 Å². The Labute approximate surface area is 158 Å². The van der Waals surface area contributed by atoms with Gasteiger partial charge in [0.05, 0.1) is 15.8 Å². The highest BCUT2D eigenvalue weighted by atomic mass is 79.9. The molecule has 130 valence electrons. The van der Waals surface area contributed by atoms with Gasteiger partial charge < -0.3 is 14.8 Å². The first kappa shape index (κ1) is 19.1. The van der Waals surface area contributed by atoms with Crippen molar-refractivity contribution in [2.45, 2.75) is 13.0 Å². The van der Waals surface area contributed by atoms with Crippen LogP contribution in [-0.2, 0) is 6.42 Å². The summed E-state index contributed by atoms with van der Waals surface area (Å²) in [5.74, 6) is 0.0165. The first-order valence-corrected chi connectivity index (χ1v) is 9.15. The van der Waals surface area contributed by atoms with Crippen LogP contribution in [0.25, 0.3) is 0 Å². The third-order valence-electron chi connectivity index (χ3n) is 3.01. The number of benzene rings is 1. The van der Waals surface area contributed by atoms with Crippen LogP contribution in [0.2, 0.25) is 0 Å². The summed E-state index contributed by atoms with van der Waals surface area (Å²) in [7, 11) is 1.38. The minimum atomic E-state index is -2.93. The number of methoxy groups -OCH3 is 1. The number of hydrogen-bond acceptors (Lipinski definition) is 4. The molecule has 1 N–H and O–H groups in total. The van der Waals surface area contributed by atoms with Crippen LogP contribution in [0.1, 0.15) is 15.2 Å². The highest BCUT2D eigenvalue weighted by Crippen LogP contribution is 2.32. The van der Waals surface area contributed by atoms with Gasteiger partial charge in [-0.1, -0.05) is 6.07 Å². The van der Waals surface area contributed by atoms with E-state index in [9.17, 15) is 13.6 Å². The fraction of sp³-hybridized carbons (Fsp3) is 0.267. The molecule has 0 aliphatic carbocycles. The van der Waals surface area contributed by atoms with E-state index in [1.165, 1.54) is 24.5 Å². The van der Waals surface area contributed by atoms with Gasteiger partial charge in [0.2, 0.25) is 0 Å². The summed E-state index contributed by atoms with van der Waals surface area (Å²) >= 11 is 7.98. The molecule has 0 aliphatic rings. The minimum Gasteiger partial charge on any atom is -0.493 e. The normalized spacial score (nSPS) is 10.8. The van der Waals surface area contributed by atoms with E-state index in [0.29, 0.717) is 17.8 Å². The highest BCUT2D eigenvalue weighted by Gasteiger charge is 2.13. The van der Waals surface area contributed by atoms with E-state index >= 15 is 0 Å². The Morgan fingerprint density at radius 2 is 2.04 bits per heavy atom. The summed E-state index contributed by atoms with van der Waals surface area (Å²) in [6.45, 7) is -2.56. The quantitative estimate of drug-likeness (QED) is 0.610. The molecule has 0 radical (unpaired) electrons. The van der Waals surface area contributed by atoms with Crippen molar-refractivity contribution in [2.24, 2.45) is 0 Å². The fourth-order valence-corrected chi connectivity index (χ4v) is 3.88. The van der Waals surface area contributed by atoms with Gasteiger partial charge >= 0.3 is 6.61 Å². The molecule has 2 aromatic rings. The van der Waals surface area contributed by atoms with Crippen molar-refractivity contribution in [3.63, 3.8) is 0 Å². The summed E-state index contributed by atoms with van der Waals surface area (Å²) in [4.78, 5) is 12.6. The number of carbonyl (C=O) groups excluding carboxylic acids is 1. The molecule has 0 bridgehead atoms. The molecule has 1 heterocycles. The molecule has 2 rings (SSSR count). The Hall–Kier alpha value is -1.19. The second-order valence-electron chi connectivity index (χ2n) is 4.60. The van der Waals surface area contributed by atoms with Gasteiger partial charge in [-0.3, -0.25) is 4.79 Å². The van der Waals surface area contributed by atoms with Gasteiger partial charge in [-0.15, -0.1) is 11.3 Å². The second kappa shape index (κ2) is 8.77. The van der Waals surface area contributed by atoms with Gasteiger partial charge in [0.15, 0.2) is 11.5 Å². The molecule has 0 saturated carbocycles. The third-order valence-corrected chi connectivity index (χ3v) is 6.27. The van der Waals surface area contributed by atoms with Gasteiger partial charge in [0.1, 0.15) is 0 Å². The molecule has 0 unspecified atom stereocenters. The van der Waals surface area contributed by atoms with Gasteiger partial charge in [-0.25, -0.2) is 0 Å². The lowest BCUT2D eigenvalue weighted by atomic mass is 10.1. The lowest BCUT2D eigenvalue weighted by molar-refractivity contribution is -0.0512. The maximum Gasteiger partial charge on any atom is 0.387 e. The zero-order valence-electron chi connectivity index (χ0n) is 12.4. The van der Waals surface area contributed by atoms with Crippen molar-refractivity contribution in [3.8, 4) is 11.5 Å². The van der Waals surface area contributed by atoms with E-state index in [-0.39, 0.29) is 17.4 Å². The van der Waals surface area contributed by atoms with Crippen molar-refractivity contribution in [1.82, 2.24) is 5.32 Å². The molecule has 0 fully saturated rings. The molecule has 1 aromatic carbocycles. The van der Waals surface area contributed by atoms with Crippen molar-refractivity contribution < 1.29 is 23.0 Å². The largest absolute Gasteiger partial charge is 0.493 e. The van der Waals surface area contributed by atoms with Crippen LogP contribution in [0.15, 0.2) is 32.5 Å². The standard InChI is InChI=1S/C15H13Br2F2NO3S/c1-22-10-3-2-8(6-11(10)23-15(18)19)4-5-20-14(21)12-7-9(16)13(17)24-12/h2-3,6-7,15H,4-5H2,1H3,(H,20,21). The predicted octanol–water partition coefficient (Wildman–Crippen LogP) is 4.86. The maximum atomic E-state index is 12.4. The zero-order chi connectivity index (χ0) is 17.7. The van der Waals surface area contributed by atoms with Gasteiger partial charge in [-0.05, 0) is 62.0 Å². The molecule has 1 amide bonds. The summed E-state index contributed by atoms with van der Waals surface area (Å²) in [6.07, 6.45) is 0.475. The van der Waals surface area contributed by atoms with Crippen LogP contribution >= 0.6 is 43.2 Å². The number of carbonyl (C=O) groups is 1. The number of ether oxygens (including phenoxy) is 2. The summed E-state index contributed by atoms with van der Waals surface area (Å²) in [5.41, 5.74) is 0.750.